The van der Waals surface area contributed by atoms with E-state index in [2.05, 4.69) is 26.1 Å². The van der Waals surface area contributed by atoms with Crippen molar-refractivity contribution in [3.8, 4) is 6.07 Å². The number of nitrogens with one attached hydrogen (secondary N) is 2. The Morgan fingerprint density at radius 2 is 2.06 bits per heavy atom. The van der Waals surface area contributed by atoms with E-state index in [4.69, 9.17) is 23.2 Å². The molecular weight excluding hydrogens is 497 g/mol. The third-order valence-corrected chi connectivity index (χ3v) is 7.40. The molecule has 180 valence electrons. The second-order valence-electron chi connectivity index (χ2n) is 7.32. The summed E-state index contributed by atoms with van der Waals surface area (Å²) >= 11 is 10.8. The van der Waals surface area contributed by atoms with Crippen LogP contribution in [0.5, 0.6) is 0 Å². The van der Waals surface area contributed by atoms with Crippen molar-refractivity contribution in [1.82, 2.24) is 24.2 Å². The zero-order valence-corrected chi connectivity index (χ0v) is 21.3. The minimum Gasteiger partial charge on any atom is -0.347 e. The second kappa shape index (κ2) is 11.6. The quantitative estimate of drug-likeness (QED) is 0.527. The summed E-state index contributed by atoms with van der Waals surface area (Å²) in [6, 6.07) is 7.02. The highest BCUT2D eigenvalue weighted by atomic mass is 35.5. The topological polar surface area (TPSA) is 116 Å². The number of benzene rings is 1. The van der Waals surface area contributed by atoms with Gasteiger partial charge in [-0.25, -0.2) is 13.5 Å². The summed E-state index contributed by atoms with van der Waals surface area (Å²) < 4.78 is 18.8. The van der Waals surface area contributed by atoms with Crippen molar-refractivity contribution in [2.75, 3.05) is 17.8 Å². The van der Waals surface area contributed by atoms with Crippen LogP contribution in [0.2, 0.25) is 10.0 Å². The molecular formula is C22H25Cl2N7O2S. The number of rotatable bonds is 5. The Morgan fingerprint density at radius 3 is 2.74 bits per heavy atom. The fourth-order valence-corrected chi connectivity index (χ4v) is 5.05. The molecule has 0 aliphatic carbocycles. The first kappa shape index (κ1) is 25.9. The lowest BCUT2D eigenvalue weighted by Crippen LogP contribution is -2.51. The predicted molar refractivity (Wildman–Crippen MR) is 135 cm³/mol. The fraction of sp³-hybridized carbons (Fsp3) is 0.364. The van der Waals surface area contributed by atoms with E-state index in [0.717, 1.165) is 5.52 Å². The third kappa shape index (κ3) is 5.50. The number of aromatic nitrogens is 3. The van der Waals surface area contributed by atoms with Crippen molar-refractivity contribution >= 4 is 57.0 Å². The number of nitriles is 1. The van der Waals surface area contributed by atoms with Gasteiger partial charge in [0.25, 0.3) is 5.91 Å². The van der Waals surface area contributed by atoms with Crippen molar-refractivity contribution < 1.29 is 9.00 Å². The van der Waals surface area contributed by atoms with Crippen LogP contribution in [0.1, 0.15) is 30.8 Å². The van der Waals surface area contributed by atoms with Gasteiger partial charge in [-0.2, -0.15) is 5.26 Å². The summed E-state index contributed by atoms with van der Waals surface area (Å²) in [5.74, 6) is -0.467. The van der Waals surface area contributed by atoms with Gasteiger partial charge in [-0.15, -0.1) is 0 Å². The maximum Gasteiger partial charge on any atom is 0.268 e. The molecule has 4 rings (SSSR count). The Balaban J connectivity index is 0.00000158. The molecule has 0 radical (unpaired) electrons. The number of nitrogens with zero attached hydrogens (tertiary/aromatic N) is 5. The van der Waals surface area contributed by atoms with Crippen molar-refractivity contribution in [1.29, 1.82) is 5.26 Å². The average molecular weight is 522 g/mol. The molecule has 9 nitrogen and oxygen atoms in total. The number of aryl methyl sites for hydroxylation is 1. The van der Waals surface area contributed by atoms with Crippen molar-refractivity contribution in [3.63, 3.8) is 0 Å². The van der Waals surface area contributed by atoms with Gasteiger partial charge in [0, 0.05) is 49.5 Å². The van der Waals surface area contributed by atoms with Gasteiger partial charge in [0.05, 0.1) is 28.2 Å². The van der Waals surface area contributed by atoms with E-state index in [1.807, 2.05) is 13.8 Å². The number of carbonyl (C=O) groups excluding carboxylic acids is 1. The van der Waals surface area contributed by atoms with Gasteiger partial charge in [-0.1, -0.05) is 37.0 Å². The Morgan fingerprint density at radius 1 is 1.29 bits per heavy atom. The van der Waals surface area contributed by atoms with Crippen LogP contribution < -0.4 is 10.0 Å². The van der Waals surface area contributed by atoms with Crippen LogP contribution in [0, 0.1) is 17.2 Å². The molecule has 3 aromatic rings. The normalized spacial score (nSPS) is 18.9. The van der Waals surface area contributed by atoms with Crippen molar-refractivity contribution in [2.24, 2.45) is 13.0 Å². The highest BCUT2D eigenvalue weighted by Crippen LogP contribution is 2.32. The molecule has 3 unspecified atom stereocenters. The highest BCUT2D eigenvalue weighted by molar-refractivity contribution is 7.84. The maximum absolute atomic E-state index is 13.0. The molecule has 1 fully saturated rings. The minimum absolute atomic E-state index is 0.234. The summed E-state index contributed by atoms with van der Waals surface area (Å²) in [6.45, 7) is 4.66. The van der Waals surface area contributed by atoms with E-state index < -0.39 is 17.1 Å². The standard InChI is InChI=1S/C20H19Cl2N7O2S.C2H6/c1-28-16-3-2-14(21)19(22)13(16)8-17(28)20(30)26-15-4-7-29(11-12(15)9-23)32(31)27-18-10-24-5-6-25-18;1-2/h2-3,5-6,8,10,12,15H,4,7,11H2,1H3,(H,25,27)(H,26,30);1-2H3. The molecule has 12 heteroatoms. The Hall–Kier alpha value is -2.71. The molecule has 0 saturated carbocycles. The molecule has 3 atom stereocenters. The van der Waals surface area contributed by atoms with Crippen molar-refractivity contribution in [3.05, 3.63) is 52.5 Å². The van der Waals surface area contributed by atoms with E-state index in [0.29, 0.717) is 39.9 Å². The monoisotopic (exact) mass is 521 g/mol. The van der Waals surface area contributed by atoms with Gasteiger partial charge >= 0.3 is 0 Å². The number of hydrogen-bond donors (Lipinski definition) is 2. The summed E-state index contributed by atoms with van der Waals surface area (Å²) in [7, 11) is 1.77. The van der Waals surface area contributed by atoms with Gasteiger partial charge in [-0.3, -0.25) is 14.5 Å². The van der Waals surface area contributed by atoms with Crippen LogP contribution in [0.4, 0.5) is 5.82 Å². The SMILES string of the molecule is CC.Cn1c(C(=O)NC2CCN(S(=O)Nc3cnccn3)CC2C#N)cc2c(Cl)c(Cl)ccc21. The summed E-state index contributed by atoms with van der Waals surface area (Å²) in [4.78, 5) is 21.0. The van der Waals surface area contributed by atoms with Gasteiger partial charge in [0.1, 0.15) is 5.69 Å². The first-order valence-electron chi connectivity index (χ1n) is 10.7. The van der Waals surface area contributed by atoms with Gasteiger partial charge in [0.15, 0.2) is 17.0 Å². The predicted octanol–water partition coefficient (Wildman–Crippen LogP) is 3.94. The van der Waals surface area contributed by atoms with E-state index >= 15 is 0 Å². The van der Waals surface area contributed by atoms with Crippen LogP contribution in [-0.2, 0) is 18.2 Å². The molecule has 2 N–H and O–H groups in total. The van der Waals surface area contributed by atoms with E-state index in [9.17, 15) is 14.3 Å². The van der Waals surface area contributed by atoms with Gasteiger partial charge < -0.3 is 9.88 Å². The first-order chi connectivity index (χ1) is 16.4. The van der Waals surface area contributed by atoms with Crippen LogP contribution in [0.3, 0.4) is 0 Å². The van der Waals surface area contributed by atoms with Crippen LogP contribution in [0.25, 0.3) is 10.9 Å². The van der Waals surface area contributed by atoms with Crippen LogP contribution in [-0.4, -0.2) is 48.1 Å². The van der Waals surface area contributed by atoms with Crippen molar-refractivity contribution in [2.45, 2.75) is 26.3 Å². The van der Waals surface area contributed by atoms with Crippen LogP contribution in [0.15, 0.2) is 36.8 Å². The second-order valence-corrected chi connectivity index (χ2v) is 9.32. The Bertz CT molecular complexity index is 1230. The molecule has 3 heterocycles. The number of halogens is 2. The molecule has 1 aliphatic heterocycles. The number of anilines is 1. The lowest BCUT2D eigenvalue weighted by atomic mass is 9.94. The van der Waals surface area contributed by atoms with Crippen LogP contribution >= 0.6 is 23.2 Å². The molecule has 1 aliphatic rings. The van der Waals surface area contributed by atoms with E-state index in [-0.39, 0.29) is 18.5 Å². The molecule has 1 saturated heterocycles. The molecule has 2 aromatic heterocycles. The molecule has 1 aromatic carbocycles. The number of fused-ring (bicyclic) bond motifs is 1. The lowest BCUT2D eigenvalue weighted by Gasteiger charge is -2.34. The zero-order chi connectivity index (χ0) is 24.8. The summed E-state index contributed by atoms with van der Waals surface area (Å²) in [5, 5.41) is 14.1. The Kier molecular flexibility index (Phi) is 8.85. The average Bonchev–Trinajstić information content (AvgIpc) is 3.20. The minimum atomic E-state index is -1.58. The highest BCUT2D eigenvalue weighted by Gasteiger charge is 2.33. The number of amides is 1. The summed E-state index contributed by atoms with van der Waals surface area (Å²) in [5.41, 5.74) is 1.19. The number of hydrogen-bond acceptors (Lipinski definition) is 5. The number of piperidine rings is 1. The van der Waals surface area contributed by atoms with Gasteiger partial charge in [0.2, 0.25) is 0 Å². The first-order valence-corrected chi connectivity index (χ1v) is 12.6. The Labute approximate surface area is 210 Å². The fourth-order valence-electron chi connectivity index (χ4n) is 3.69. The smallest absolute Gasteiger partial charge is 0.268 e. The third-order valence-electron chi connectivity index (χ3n) is 5.39. The lowest BCUT2D eigenvalue weighted by molar-refractivity contribution is 0.0903. The maximum atomic E-state index is 13.0. The number of carbonyl (C=O) groups is 1. The molecule has 0 bridgehead atoms. The molecule has 1 amide bonds. The van der Waals surface area contributed by atoms with Gasteiger partial charge in [-0.05, 0) is 24.6 Å². The van der Waals surface area contributed by atoms with E-state index in [1.165, 1.54) is 18.6 Å². The van der Waals surface area contributed by atoms with E-state index in [1.54, 1.807) is 34.1 Å². The zero-order valence-electron chi connectivity index (χ0n) is 19.0. The molecule has 34 heavy (non-hydrogen) atoms. The largest absolute Gasteiger partial charge is 0.347 e. The summed E-state index contributed by atoms with van der Waals surface area (Å²) in [6.07, 6.45) is 4.95. The molecule has 0 spiro atoms.